The Balaban J connectivity index is 1.66. The molecule has 152 valence electrons. The Bertz CT molecular complexity index is 945. The zero-order valence-electron chi connectivity index (χ0n) is 16.2. The van der Waals surface area contributed by atoms with Crippen LogP contribution in [0.25, 0.3) is 6.08 Å². The van der Waals surface area contributed by atoms with Gasteiger partial charge in [0.1, 0.15) is 29.0 Å². The van der Waals surface area contributed by atoms with E-state index in [1.807, 2.05) is 36.4 Å². The number of carbonyl (C=O) groups is 1. The second-order valence-electron chi connectivity index (χ2n) is 6.58. The normalized spacial score (nSPS) is 16.0. The molecule has 1 fully saturated rings. The van der Waals surface area contributed by atoms with Gasteiger partial charge in [0.2, 0.25) is 0 Å². The van der Waals surface area contributed by atoms with Crippen molar-refractivity contribution in [2.75, 3.05) is 13.2 Å². The van der Waals surface area contributed by atoms with Crippen LogP contribution in [0.1, 0.15) is 37.3 Å². The van der Waals surface area contributed by atoms with Crippen LogP contribution >= 0.6 is 39.9 Å². The van der Waals surface area contributed by atoms with Crippen molar-refractivity contribution in [2.45, 2.75) is 26.2 Å². The Labute approximate surface area is 189 Å². The Kier molecular flexibility index (Phi) is 7.75. The molecule has 2 aromatic carbocycles. The number of rotatable bonds is 8. The number of nitrogens with one attached hydrogen (secondary N) is 1. The van der Waals surface area contributed by atoms with Crippen LogP contribution in [0.3, 0.4) is 0 Å². The van der Waals surface area contributed by atoms with E-state index in [4.69, 9.17) is 21.7 Å². The molecule has 0 aromatic heterocycles. The quantitative estimate of drug-likeness (QED) is 0.282. The van der Waals surface area contributed by atoms with E-state index in [-0.39, 0.29) is 5.91 Å². The monoisotopic (exact) mass is 491 g/mol. The lowest BCUT2D eigenvalue weighted by Crippen LogP contribution is -2.17. The van der Waals surface area contributed by atoms with Crippen molar-refractivity contribution in [1.82, 2.24) is 5.32 Å². The molecule has 2 aromatic rings. The molecule has 0 saturated carbocycles. The first-order chi connectivity index (χ1) is 14.0. The molecule has 1 amide bonds. The van der Waals surface area contributed by atoms with Crippen molar-refractivity contribution in [1.29, 1.82) is 0 Å². The van der Waals surface area contributed by atoms with E-state index in [9.17, 15) is 4.79 Å². The van der Waals surface area contributed by atoms with Crippen molar-refractivity contribution in [3.8, 4) is 11.5 Å². The molecule has 0 aliphatic carbocycles. The SMILES string of the molecule is CCC(C)c1ccccc1OCCOc1ccc(Br)cc1C=C1SC(=S)NC1=O. The maximum Gasteiger partial charge on any atom is 0.263 e. The standard InChI is InChI=1S/C22H22BrNO3S2/c1-3-14(2)17-6-4-5-7-19(17)27-11-10-26-18-9-8-16(23)12-15(18)13-20-21(25)24-22(28)29-20/h4-9,12-14H,3,10-11H2,1-2H3,(H,24,25,28). The number of benzene rings is 2. The van der Waals surface area contributed by atoms with Gasteiger partial charge < -0.3 is 14.8 Å². The predicted octanol–water partition coefficient (Wildman–Crippen LogP) is 5.91. The van der Waals surface area contributed by atoms with Gasteiger partial charge in [-0.3, -0.25) is 4.79 Å². The Morgan fingerprint density at radius 3 is 2.59 bits per heavy atom. The number of para-hydroxylation sites is 1. The fourth-order valence-electron chi connectivity index (χ4n) is 2.87. The van der Waals surface area contributed by atoms with Crippen LogP contribution in [0.4, 0.5) is 0 Å². The summed E-state index contributed by atoms with van der Waals surface area (Å²) in [7, 11) is 0. The number of thioether (sulfide) groups is 1. The average Bonchev–Trinajstić information content (AvgIpc) is 3.03. The largest absolute Gasteiger partial charge is 0.490 e. The summed E-state index contributed by atoms with van der Waals surface area (Å²) in [6, 6.07) is 13.8. The first kappa shape index (κ1) is 21.9. The zero-order valence-corrected chi connectivity index (χ0v) is 19.5. The summed E-state index contributed by atoms with van der Waals surface area (Å²) >= 11 is 9.77. The lowest BCUT2D eigenvalue weighted by Gasteiger charge is -2.16. The van der Waals surface area contributed by atoms with Gasteiger partial charge in [-0.1, -0.05) is 72.0 Å². The number of halogens is 1. The van der Waals surface area contributed by atoms with Crippen molar-refractivity contribution < 1.29 is 14.3 Å². The Hall–Kier alpha value is -1.83. The van der Waals surface area contributed by atoms with Gasteiger partial charge in [0.15, 0.2) is 0 Å². The molecular formula is C22H22BrNO3S2. The Morgan fingerprint density at radius 2 is 1.90 bits per heavy atom. The lowest BCUT2D eigenvalue weighted by molar-refractivity contribution is -0.115. The van der Waals surface area contributed by atoms with E-state index >= 15 is 0 Å². The summed E-state index contributed by atoms with van der Waals surface area (Å²) in [4.78, 5) is 12.5. The van der Waals surface area contributed by atoms with E-state index in [2.05, 4.69) is 41.2 Å². The molecule has 1 unspecified atom stereocenters. The van der Waals surface area contributed by atoms with E-state index in [0.717, 1.165) is 22.2 Å². The van der Waals surface area contributed by atoms with Crippen molar-refractivity contribution in [3.63, 3.8) is 0 Å². The summed E-state index contributed by atoms with van der Waals surface area (Å²) in [6.07, 6.45) is 2.85. The third kappa shape index (κ3) is 5.84. The molecule has 3 rings (SSSR count). The van der Waals surface area contributed by atoms with Crippen LogP contribution in [0, 0.1) is 0 Å². The Morgan fingerprint density at radius 1 is 1.17 bits per heavy atom. The molecular weight excluding hydrogens is 470 g/mol. The van der Waals surface area contributed by atoms with Crippen molar-refractivity contribution in [2.24, 2.45) is 0 Å². The van der Waals surface area contributed by atoms with Crippen LogP contribution in [0.2, 0.25) is 0 Å². The fourth-order valence-corrected chi connectivity index (χ4v) is 4.28. The van der Waals surface area contributed by atoms with Crippen LogP contribution in [0.15, 0.2) is 51.8 Å². The minimum absolute atomic E-state index is 0.184. The summed E-state index contributed by atoms with van der Waals surface area (Å²) in [5, 5.41) is 2.63. The minimum Gasteiger partial charge on any atom is -0.490 e. The van der Waals surface area contributed by atoms with Gasteiger partial charge in [-0.15, -0.1) is 0 Å². The van der Waals surface area contributed by atoms with E-state index < -0.39 is 0 Å². The van der Waals surface area contributed by atoms with E-state index in [0.29, 0.717) is 34.1 Å². The van der Waals surface area contributed by atoms with Gasteiger partial charge >= 0.3 is 0 Å². The highest BCUT2D eigenvalue weighted by atomic mass is 79.9. The summed E-state index contributed by atoms with van der Waals surface area (Å²) in [5.41, 5.74) is 2.02. The first-order valence-corrected chi connectivity index (χ1v) is 11.4. The second-order valence-corrected chi connectivity index (χ2v) is 9.21. The second kappa shape index (κ2) is 10.3. The molecule has 29 heavy (non-hydrogen) atoms. The third-order valence-electron chi connectivity index (χ3n) is 4.56. The molecule has 7 heteroatoms. The molecule has 1 saturated heterocycles. The number of carbonyl (C=O) groups excluding carboxylic acids is 1. The first-order valence-electron chi connectivity index (χ1n) is 9.37. The molecule has 4 nitrogen and oxygen atoms in total. The highest BCUT2D eigenvalue weighted by Gasteiger charge is 2.22. The predicted molar refractivity (Wildman–Crippen MR) is 127 cm³/mol. The molecule has 1 aliphatic rings. The van der Waals surface area contributed by atoms with Crippen molar-refractivity contribution in [3.05, 3.63) is 63.0 Å². The molecule has 1 atom stereocenters. The zero-order chi connectivity index (χ0) is 20.8. The fraction of sp³-hybridized carbons (Fsp3) is 0.273. The summed E-state index contributed by atoms with van der Waals surface area (Å²) in [5.74, 6) is 1.84. The van der Waals surface area contributed by atoms with Crippen LogP contribution in [-0.2, 0) is 4.79 Å². The van der Waals surface area contributed by atoms with Gasteiger partial charge in [-0.2, -0.15) is 0 Å². The smallest absolute Gasteiger partial charge is 0.263 e. The number of ether oxygens (including phenoxy) is 2. The summed E-state index contributed by atoms with van der Waals surface area (Å²) < 4.78 is 13.3. The molecule has 0 radical (unpaired) electrons. The maximum absolute atomic E-state index is 12.0. The van der Waals surface area contributed by atoms with Gasteiger partial charge in [-0.25, -0.2) is 0 Å². The van der Waals surface area contributed by atoms with E-state index in [1.54, 1.807) is 6.08 Å². The number of thiocarbonyl (C=S) groups is 1. The van der Waals surface area contributed by atoms with Gasteiger partial charge in [0, 0.05) is 10.0 Å². The number of hydrogen-bond donors (Lipinski definition) is 1. The molecule has 1 aliphatic heterocycles. The molecule has 0 spiro atoms. The van der Waals surface area contributed by atoms with Crippen LogP contribution < -0.4 is 14.8 Å². The maximum atomic E-state index is 12.0. The van der Waals surface area contributed by atoms with Gasteiger partial charge in [-0.05, 0) is 48.2 Å². The molecule has 1 heterocycles. The third-order valence-corrected chi connectivity index (χ3v) is 6.22. The van der Waals surface area contributed by atoms with Crippen LogP contribution in [-0.4, -0.2) is 23.4 Å². The van der Waals surface area contributed by atoms with Crippen molar-refractivity contribution >= 4 is 56.2 Å². The van der Waals surface area contributed by atoms with Gasteiger partial charge in [0.05, 0.1) is 4.91 Å². The summed E-state index contributed by atoms with van der Waals surface area (Å²) in [6.45, 7) is 5.19. The highest BCUT2D eigenvalue weighted by molar-refractivity contribution is 9.10. The molecule has 0 bridgehead atoms. The number of amides is 1. The lowest BCUT2D eigenvalue weighted by atomic mass is 9.98. The number of hydrogen-bond acceptors (Lipinski definition) is 5. The van der Waals surface area contributed by atoms with Crippen LogP contribution in [0.5, 0.6) is 11.5 Å². The highest BCUT2D eigenvalue weighted by Crippen LogP contribution is 2.31. The molecule has 1 N–H and O–H groups in total. The van der Waals surface area contributed by atoms with E-state index in [1.165, 1.54) is 17.3 Å². The topological polar surface area (TPSA) is 47.6 Å². The van der Waals surface area contributed by atoms with Gasteiger partial charge in [0.25, 0.3) is 5.91 Å². The minimum atomic E-state index is -0.184. The average molecular weight is 492 g/mol.